The molecule has 1 atom stereocenters. The predicted molar refractivity (Wildman–Crippen MR) is 135 cm³/mol. The minimum absolute atomic E-state index is 0.0685. The highest BCUT2D eigenvalue weighted by atomic mass is 16.2. The molecule has 0 saturated carbocycles. The maximum Gasteiger partial charge on any atom is 0.266 e. The largest absolute Gasteiger partial charge is 0.331 e. The summed E-state index contributed by atoms with van der Waals surface area (Å²) < 4.78 is 1.70. The van der Waals surface area contributed by atoms with Crippen molar-refractivity contribution in [2.45, 2.75) is 46.6 Å². The van der Waals surface area contributed by atoms with Crippen molar-refractivity contribution in [3.8, 4) is 5.69 Å². The van der Waals surface area contributed by atoms with E-state index in [9.17, 15) is 9.59 Å². The van der Waals surface area contributed by atoms with Crippen LogP contribution < -0.4 is 5.56 Å². The fourth-order valence-electron chi connectivity index (χ4n) is 4.11. The zero-order chi connectivity index (χ0) is 24.1. The molecule has 2 aromatic carbocycles. The molecule has 176 valence electrons. The molecule has 3 rings (SSSR count). The van der Waals surface area contributed by atoms with Gasteiger partial charge in [0.05, 0.1) is 22.6 Å². The molecule has 3 aromatic rings. The second kappa shape index (κ2) is 10.8. The monoisotopic (exact) mass is 448 g/mol. The number of carbonyl (C=O) groups is 1. The zero-order valence-electron chi connectivity index (χ0n) is 20.7. The van der Waals surface area contributed by atoms with Gasteiger partial charge in [0, 0.05) is 19.0 Å². The molecule has 0 fully saturated rings. The van der Waals surface area contributed by atoms with Crippen LogP contribution in [0.1, 0.15) is 51.5 Å². The summed E-state index contributed by atoms with van der Waals surface area (Å²) in [5.41, 5.74) is 2.52. The Labute approximate surface area is 196 Å². The Morgan fingerprint density at radius 1 is 1.00 bits per heavy atom. The third kappa shape index (κ3) is 5.33. The minimum atomic E-state index is -0.317. The van der Waals surface area contributed by atoms with Gasteiger partial charge in [0.15, 0.2) is 0 Å². The molecular formula is C27H36N4O2. The minimum Gasteiger partial charge on any atom is -0.331 e. The van der Waals surface area contributed by atoms with Gasteiger partial charge in [0.1, 0.15) is 5.82 Å². The van der Waals surface area contributed by atoms with Crippen molar-refractivity contribution in [3.05, 3.63) is 70.3 Å². The van der Waals surface area contributed by atoms with Crippen LogP contribution in [-0.4, -0.2) is 52.4 Å². The average Bonchev–Trinajstić information content (AvgIpc) is 2.81. The maximum absolute atomic E-state index is 13.7. The number of hydrogen-bond donors (Lipinski definition) is 0. The normalized spacial score (nSPS) is 12.5. The molecule has 0 N–H and O–H groups in total. The first-order valence-corrected chi connectivity index (χ1v) is 11.8. The highest BCUT2D eigenvalue weighted by Crippen LogP contribution is 2.27. The lowest BCUT2D eigenvalue weighted by molar-refractivity contribution is -0.137. The van der Waals surface area contributed by atoms with Gasteiger partial charge in [-0.15, -0.1) is 0 Å². The Balaban J connectivity index is 2.26. The summed E-state index contributed by atoms with van der Waals surface area (Å²) >= 11 is 0. The van der Waals surface area contributed by atoms with Crippen molar-refractivity contribution < 1.29 is 4.79 Å². The first-order valence-electron chi connectivity index (χ1n) is 11.8. The fourth-order valence-corrected chi connectivity index (χ4v) is 4.11. The Morgan fingerprint density at radius 2 is 1.67 bits per heavy atom. The van der Waals surface area contributed by atoms with Gasteiger partial charge >= 0.3 is 0 Å². The Hall–Kier alpha value is -2.99. The van der Waals surface area contributed by atoms with E-state index in [2.05, 4.69) is 11.8 Å². The average molecular weight is 449 g/mol. The Morgan fingerprint density at radius 3 is 2.24 bits per heavy atom. The van der Waals surface area contributed by atoms with Crippen LogP contribution in [0.2, 0.25) is 0 Å². The smallest absolute Gasteiger partial charge is 0.266 e. The van der Waals surface area contributed by atoms with Gasteiger partial charge in [0.2, 0.25) is 5.91 Å². The van der Waals surface area contributed by atoms with Crippen LogP contribution in [-0.2, 0) is 11.2 Å². The summed E-state index contributed by atoms with van der Waals surface area (Å²) in [6.07, 6.45) is 1.58. The van der Waals surface area contributed by atoms with E-state index in [0.29, 0.717) is 29.7 Å². The van der Waals surface area contributed by atoms with Gasteiger partial charge in [-0.25, -0.2) is 4.98 Å². The summed E-state index contributed by atoms with van der Waals surface area (Å²) in [4.78, 5) is 36.0. The summed E-state index contributed by atoms with van der Waals surface area (Å²) in [6, 6.07) is 15.2. The molecule has 0 aliphatic heterocycles. The van der Waals surface area contributed by atoms with Crippen molar-refractivity contribution in [1.29, 1.82) is 0 Å². The number of rotatable bonds is 9. The van der Waals surface area contributed by atoms with Crippen LogP contribution in [0.15, 0.2) is 53.3 Å². The summed E-state index contributed by atoms with van der Waals surface area (Å²) in [6.45, 7) is 9.30. The molecule has 1 amide bonds. The molecule has 0 radical (unpaired) electrons. The molecule has 0 saturated heterocycles. The zero-order valence-corrected chi connectivity index (χ0v) is 20.7. The van der Waals surface area contributed by atoms with Gasteiger partial charge in [-0.1, -0.05) is 52.0 Å². The van der Waals surface area contributed by atoms with Gasteiger partial charge < -0.3 is 9.80 Å². The summed E-state index contributed by atoms with van der Waals surface area (Å²) in [5.74, 6) is 0.530. The second-order valence-corrected chi connectivity index (χ2v) is 9.06. The quantitative estimate of drug-likeness (QED) is 0.485. The molecule has 1 aromatic heterocycles. The number of nitrogens with zero attached hydrogens (tertiary/aromatic N) is 4. The van der Waals surface area contributed by atoms with Gasteiger partial charge in [-0.3, -0.25) is 14.2 Å². The van der Waals surface area contributed by atoms with E-state index >= 15 is 0 Å². The fraction of sp³-hybridized carbons (Fsp3) is 0.444. The predicted octanol–water partition coefficient (Wildman–Crippen LogP) is 4.45. The van der Waals surface area contributed by atoms with Crippen molar-refractivity contribution in [2.24, 2.45) is 5.92 Å². The van der Waals surface area contributed by atoms with E-state index in [1.807, 2.05) is 88.3 Å². The SMILES string of the molecule is CCc1ccc(-n2c(C(CC)N(CCN(C)C)C(=O)C(C)C)nc3ccccc3c2=O)cc1. The van der Waals surface area contributed by atoms with Gasteiger partial charge in [-0.2, -0.15) is 0 Å². The number of hydrogen-bond acceptors (Lipinski definition) is 4. The van der Waals surface area contributed by atoms with Crippen LogP contribution >= 0.6 is 0 Å². The first-order chi connectivity index (χ1) is 15.8. The number of likely N-dealkylation sites (N-methyl/N-ethyl adjacent to an activating group) is 1. The van der Waals surface area contributed by atoms with E-state index in [-0.39, 0.29) is 23.4 Å². The van der Waals surface area contributed by atoms with E-state index in [4.69, 9.17) is 4.98 Å². The molecule has 1 heterocycles. The summed E-state index contributed by atoms with van der Waals surface area (Å²) in [7, 11) is 4.00. The molecule has 33 heavy (non-hydrogen) atoms. The van der Waals surface area contributed by atoms with Gasteiger partial charge in [0.25, 0.3) is 5.56 Å². The number of benzene rings is 2. The number of carbonyl (C=O) groups excluding carboxylic acids is 1. The number of fused-ring (bicyclic) bond motifs is 1. The lowest BCUT2D eigenvalue weighted by atomic mass is 10.1. The van der Waals surface area contributed by atoms with Crippen molar-refractivity contribution in [3.63, 3.8) is 0 Å². The van der Waals surface area contributed by atoms with Crippen LogP contribution in [0.5, 0.6) is 0 Å². The molecule has 0 bridgehead atoms. The maximum atomic E-state index is 13.7. The van der Waals surface area contributed by atoms with Crippen molar-refractivity contribution in [2.75, 3.05) is 27.2 Å². The van der Waals surface area contributed by atoms with Crippen molar-refractivity contribution in [1.82, 2.24) is 19.4 Å². The number of amides is 1. The molecular weight excluding hydrogens is 412 g/mol. The van der Waals surface area contributed by atoms with E-state index in [1.165, 1.54) is 5.56 Å². The third-order valence-corrected chi connectivity index (χ3v) is 6.03. The Bertz CT molecular complexity index is 1150. The Kier molecular flexibility index (Phi) is 8.03. The third-order valence-electron chi connectivity index (χ3n) is 6.03. The summed E-state index contributed by atoms with van der Waals surface area (Å²) in [5, 5.41) is 0.575. The molecule has 0 aliphatic carbocycles. The second-order valence-electron chi connectivity index (χ2n) is 9.06. The highest BCUT2D eigenvalue weighted by Gasteiger charge is 2.30. The lowest BCUT2D eigenvalue weighted by Crippen LogP contribution is -2.43. The molecule has 1 unspecified atom stereocenters. The first kappa shape index (κ1) is 24.6. The number of para-hydroxylation sites is 1. The standard InChI is InChI=1S/C27H36N4O2/c1-7-20-13-15-21(16-14-20)31-25(28-23-12-10-9-11-22(23)27(31)33)24(8-2)30(18-17-29(5)6)26(32)19(3)4/h9-16,19,24H,7-8,17-18H2,1-6H3. The molecule has 0 spiro atoms. The van der Waals surface area contributed by atoms with Crippen LogP contribution in [0.4, 0.5) is 0 Å². The molecule has 6 heteroatoms. The number of aryl methyl sites for hydroxylation is 1. The van der Waals surface area contributed by atoms with Crippen LogP contribution in [0, 0.1) is 5.92 Å². The number of aromatic nitrogens is 2. The van der Waals surface area contributed by atoms with E-state index in [1.54, 1.807) is 4.57 Å². The van der Waals surface area contributed by atoms with Crippen molar-refractivity contribution >= 4 is 16.8 Å². The highest BCUT2D eigenvalue weighted by molar-refractivity contribution is 5.80. The molecule has 0 aliphatic rings. The van der Waals surface area contributed by atoms with Gasteiger partial charge in [-0.05, 0) is 56.8 Å². The lowest BCUT2D eigenvalue weighted by Gasteiger charge is -2.34. The van der Waals surface area contributed by atoms with E-state index in [0.717, 1.165) is 18.7 Å². The van der Waals surface area contributed by atoms with Crippen LogP contribution in [0.3, 0.4) is 0 Å². The molecule has 6 nitrogen and oxygen atoms in total. The van der Waals surface area contributed by atoms with E-state index < -0.39 is 0 Å². The van der Waals surface area contributed by atoms with Crippen LogP contribution in [0.25, 0.3) is 16.6 Å². The topological polar surface area (TPSA) is 58.4 Å².